The number of hydrogen-bond donors (Lipinski definition) is 1. The molecule has 0 saturated carbocycles. The van der Waals surface area contributed by atoms with Crippen molar-refractivity contribution in [3.8, 4) is 5.75 Å². The highest BCUT2D eigenvalue weighted by molar-refractivity contribution is 5.78. The van der Waals surface area contributed by atoms with Gasteiger partial charge >= 0.3 is 0 Å². The van der Waals surface area contributed by atoms with Gasteiger partial charge in [-0.3, -0.25) is 4.99 Å². The fourth-order valence-corrected chi connectivity index (χ4v) is 2.29. The molecule has 1 aromatic carbocycles. The van der Waals surface area contributed by atoms with Gasteiger partial charge in [-0.15, -0.1) is 0 Å². The molecule has 1 heterocycles. The van der Waals surface area contributed by atoms with Crippen LogP contribution in [0.15, 0.2) is 29.3 Å². The average molecular weight is 277 g/mol. The fourth-order valence-electron chi connectivity index (χ4n) is 2.29. The number of nitrogens with two attached hydrogens (primary N) is 1. The van der Waals surface area contributed by atoms with Crippen LogP contribution >= 0.6 is 0 Å². The minimum atomic E-state index is 0.269. The predicted molar refractivity (Wildman–Crippen MR) is 80.3 cm³/mol. The van der Waals surface area contributed by atoms with Crippen LogP contribution in [0.2, 0.25) is 0 Å². The Morgan fingerprint density at radius 2 is 2.10 bits per heavy atom. The zero-order valence-electron chi connectivity index (χ0n) is 12.2. The monoisotopic (exact) mass is 277 g/mol. The lowest BCUT2D eigenvalue weighted by Crippen LogP contribution is -2.45. The van der Waals surface area contributed by atoms with Crippen LogP contribution in [0.25, 0.3) is 0 Å². The van der Waals surface area contributed by atoms with Crippen molar-refractivity contribution in [3.05, 3.63) is 29.8 Å². The standard InChI is InChI=1S/C15H23N3O2/c1-12(13-5-3-4-6-14(13)19-2)11-17-15(16)18-7-9-20-10-8-18/h3-6,12H,7-11H2,1-2H3,(H2,16,17)/t12-/m0/s1. The largest absolute Gasteiger partial charge is 0.496 e. The maximum Gasteiger partial charge on any atom is 0.191 e. The summed E-state index contributed by atoms with van der Waals surface area (Å²) in [7, 11) is 1.69. The van der Waals surface area contributed by atoms with E-state index in [9.17, 15) is 0 Å². The molecule has 1 atom stereocenters. The molecule has 110 valence electrons. The first-order valence-corrected chi connectivity index (χ1v) is 6.98. The third-order valence-electron chi connectivity index (χ3n) is 3.53. The van der Waals surface area contributed by atoms with Crippen molar-refractivity contribution >= 4 is 5.96 Å². The molecule has 0 aliphatic carbocycles. The third kappa shape index (κ3) is 3.63. The molecule has 1 aliphatic heterocycles. The number of hydrogen-bond acceptors (Lipinski definition) is 3. The average Bonchev–Trinajstić information content (AvgIpc) is 2.53. The van der Waals surface area contributed by atoms with E-state index >= 15 is 0 Å². The highest BCUT2D eigenvalue weighted by atomic mass is 16.5. The molecule has 0 spiro atoms. The van der Waals surface area contributed by atoms with E-state index in [-0.39, 0.29) is 5.92 Å². The minimum Gasteiger partial charge on any atom is -0.496 e. The van der Waals surface area contributed by atoms with Gasteiger partial charge in [0.2, 0.25) is 0 Å². The number of morpholine rings is 1. The Balaban J connectivity index is 1.98. The molecule has 1 saturated heterocycles. The highest BCUT2D eigenvalue weighted by Gasteiger charge is 2.14. The van der Waals surface area contributed by atoms with Gasteiger partial charge < -0.3 is 20.1 Å². The molecule has 0 radical (unpaired) electrons. The van der Waals surface area contributed by atoms with E-state index < -0.39 is 0 Å². The molecular weight excluding hydrogens is 254 g/mol. The first-order chi connectivity index (χ1) is 9.72. The van der Waals surface area contributed by atoms with E-state index in [0.29, 0.717) is 12.5 Å². The first-order valence-electron chi connectivity index (χ1n) is 6.98. The second-order valence-corrected chi connectivity index (χ2v) is 4.94. The number of benzene rings is 1. The maximum absolute atomic E-state index is 6.03. The van der Waals surface area contributed by atoms with Crippen molar-refractivity contribution in [1.29, 1.82) is 0 Å². The number of aliphatic imine (C=N–C) groups is 1. The third-order valence-corrected chi connectivity index (χ3v) is 3.53. The molecular formula is C15H23N3O2. The molecule has 20 heavy (non-hydrogen) atoms. The van der Waals surface area contributed by atoms with Gasteiger partial charge in [0, 0.05) is 25.6 Å². The van der Waals surface area contributed by atoms with E-state index in [1.54, 1.807) is 7.11 Å². The molecule has 5 nitrogen and oxygen atoms in total. The molecule has 0 unspecified atom stereocenters. The van der Waals surface area contributed by atoms with Crippen molar-refractivity contribution < 1.29 is 9.47 Å². The SMILES string of the molecule is COc1ccccc1[C@@H](C)CN=C(N)N1CCOCC1. The van der Waals surface area contributed by atoms with Crippen LogP contribution in [0.3, 0.4) is 0 Å². The summed E-state index contributed by atoms with van der Waals surface area (Å²) in [6.07, 6.45) is 0. The summed E-state index contributed by atoms with van der Waals surface area (Å²) >= 11 is 0. The lowest BCUT2D eigenvalue weighted by molar-refractivity contribution is 0.0674. The second kappa shape index (κ2) is 7.14. The van der Waals surface area contributed by atoms with Gasteiger partial charge in [-0.1, -0.05) is 25.1 Å². The Labute approximate surface area is 120 Å². The van der Waals surface area contributed by atoms with Crippen LogP contribution in [-0.4, -0.2) is 50.8 Å². The lowest BCUT2D eigenvalue weighted by Gasteiger charge is -2.27. The summed E-state index contributed by atoms with van der Waals surface area (Å²) < 4.78 is 10.7. The van der Waals surface area contributed by atoms with Crippen LogP contribution in [0.1, 0.15) is 18.4 Å². The summed E-state index contributed by atoms with van der Waals surface area (Å²) in [5.74, 6) is 1.78. The number of rotatable bonds is 4. The normalized spacial score (nSPS) is 17.9. The Morgan fingerprint density at radius 3 is 2.80 bits per heavy atom. The van der Waals surface area contributed by atoms with E-state index in [2.05, 4.69) is 22.9 Å². The van der Waals surface area contributed by atoms with Crippen molar-refractivity contribution in [2.45, 2.75) is 12.8 Å². The molecule has 0 bridgehead atoms. The van der Waals surface area contributed by atoms with Gasteiger partial charge in [0.25, 0.3) is 0 Å². The smallest absolute Gasteiger partial charge is 0.191 e. The van der Waals surface area contributed by atoms with E-state index in [4.69, 9.17) is 15.2 Å². The van der Waals surface area contributed by atoms with Crippen LogP contribution < -0.4 is 10.5 Å². The predicted octanol–water partition coefficient (Wildman–Crippen LogP) is 1.45. The number of methoxy groups -OCH3 is 1. The van der Waals surface area contributed by atoms with Gasteiger partial charge in [0.1, 0.15) is 5.75 Å². The number of guanidine groups is 1. The summed E-state index contributed by atoms with van der Waals surface area (Å²) in [5.41, 5.74) is 7.20. The molecule has 1 fully saturated rings. The number of ether oxygens (including phenoxy) is 2. The molecule has 0 amide bonds. The molecule has 1 aromatic rings. The quantitative estimate of drug-likeness (QED) is 0.668. The van der Waals surface area contributed by atoms with Crippen molar-refractivity contribution in [2.24, 2.45) is 10.7 Å². The summed E-state index contributed by atoms with van der Waals surface area (Å²) in [5, 5.41) is 0. The lowest BCUT2D eigenvalue weighted by atomic mass is 10.0. The van der Waals surface area contributed by atoms with Gasteiger partial charge in [-0.05, 0) is 11.6 Å². The van der Waals surface area contributed by atoms with Gasteiger partial charge in [0.05, 0.1) is 20.3 Å². The van der Waals surface area contributed by atoms with E-state index in [1.165, 1.54) is 0 Å². The van der Waals surface area contributed by atoms with Crippen molar-refractivity contribution in [3.63, 3.8) is 0 Å². The van der Waals surface area contributed by atoms with Gasteiger partial charge in [-0.2, -0.15) is 0 Å². The first kappa shape index (κ1) is 14.7. The van der Waals surface area contributed by atoms with Crippen LogP contribution in [-0.2, 0) is 4.74 Å². The number of para-hydroxylation sites is 1. The van der Waals surface area contributed by atoms with Gasteiger partial charge in [-0.25, -0.2) is 0 Å². The Hall–Kier alpha value is -1.75. The Kier molecular flexibility index (Phi) is 5.24. The maximum atomic E-state index is 6.03. The summed E-state index contributed by atoms with van der Waals surface area (Å²) in [6.45, 7) is 5.87. The zero-order chi connectivity index (χ0) is 14.4. The Bertz CT molecular complexity index is 456. The van der Waals surface area contributed by atoms with E-state index in [0.717, 1.165) is 37.6 Å². The van der Waals surface area contributed by atoms with Crippen molar-refractivity contribution in [1.82, 2.24) is 4.90 Å². The molecule has 2 N–H and O–H groups in total. The molecule has 5 heteroatoms. The number of nitrogens with zero attached hydrogens (tertiary/aromatic N) is 2. The van der Waals surface area contributed by atoms with Gasteiger partial charge in [0.15, 0.2) is 5.96 Å². The highest BCUT2D eigenvalue weighted by Crippen LogP contribution is 2.26. The summed E-state index contributed by atoms with van der Waals surface area (Å²) in [6, 6.07) is 8.04. The molecule has 2 rings (SSSR count). The van der Waals surface area contributed by atoms with Crippen molar-refractivity contribution in [2.75, 3.05) is 40.0 Å². The van der Waals surface area contributed by atoms with Crippen LogP contribution in [0.4, 0.5) is 0 Å². The molecule has 0 aromatic heterocycles. The van der Waals surface area contributed by atoms with Crippen LogP contribution in [0.5, 0.6) is 5.75 Å². The second-order valence-electron chi connectivity index (χ2n) is 4.94. The molecule has 1 aliphatic rings. The zero-order valence-corrected chi connectivity index (χ0v) is 12.2. The van der Waals surface area contributed by atoms with Crippen LogP contribution in [0, 0.1) is 0 Å². The minimum absolute atomic E-state index is 0.269. The van der Waals surface area contributed by atoms with E-state index in [1.807, 2.05) is 18.2 Å². The topological polar surface area (TPSA) is 60.1 Å². The fraction of sp³-hybridized carbons (Fsp3) is 0.533. The summed E-state index contributed by atoms with van der Waals surface area (Å²) in [4.78, 5) is 6.58. The Morgan fingerprint density at radius 1 is 1.40 bits per heavy atom.